The molecule has 2 saturated heterocycles. The minimum absolute atomic E-state index is 0.0264. The van der Waals surface area contributed by atoms with Gasteiger partial charge < -0.3 is 49.8 Å². The van der Waals surface area contributed by atoms with Crippen molar-refractivity contribution in [3.05, 3.63) is 29.5 Å². The summed E-state index contributed by atoms with van der Waals surface area (Å²) in [7, 11) is 0. The van der Waals surface area contributed by atoms with Crippen molar-refractivity contribution in [3.63, 3.8) is 0 Å². The van der Waals surface area contributed by atoms with Crippen molar-refractivity contribution in [3.8, 4) is 5.75 Å². The summed E-state index contributed by atoms with van der Waals surface area (Å²) < 4.78 is 8.05. The molecule has 11 nitrogen and oxygen atoms in total. The molecule has 3 aliphatic heterocycles. The number of carbonyl (C=O) groups excluding carboxylic acids is 1. The Bertz CT molecular complexity index is 1270. The van der Waals surface area contributed by atoms with Crippen LogP contribution < -0.4 is 4.74 Å². The van der Waals surface area contributed by atoms with E-state index in [-0.39, 0.29) is 45.1 Å². The van der Waals surface area contributed by atoms with Gasteiger partial charge in [0.25, 0.3) is 0 Å². The first-order valence-electron chi connectivity index (χ1n) is 16.2. The molecule has 0 amide bonds. The highest BCUT2D eigenvalue weighted by Gasteiger charge is 2.52. The summed E-state index contributed by atoms with van der Waals surface area (Å²) in [5, 5.41) is 72.2. The second-order valence-corrected chi connectivity index (χ2v) is 13.2. The van der Waals surface area contributed by atoms with Gasteiger partial charge in [0, 0.05) is 54.9 Å². The number of rotatable bonds is 15. The summed E-state index contributed by atoms with van der Waals surface area (Å²) in [6.45, 7) is 5.92. The number of fused-ring (bicyclic) bond motifs is 4. The van der Waals surface area contributed by atoms with Gasteiger partial charge in [-0.2, -0.15) is 0 Å². The van der Waals surface area contributed by atoms with Gasteiger partial charge in [-0.15, -0.1) is 0 Å². The molecule has 246 valence electrons. The molecule has 1 saturated carbocycles. The Balaban J connectivity index is 1.51. The number of nitrogens with zero attached hydrogens (tertiary/aromatic N) is 2. The van der Waals surface area contributed by atoms with Crippen LogP contribution in [0.15, 0.2) is 18.2 Å². The number of benzene rings is 1. The lowest BCUT2D eigenvalue weighted by molar-refractivity contribution is -0.121. The maximum absolute atomic E-state index is 11.5. The van der Waals surface area contributed by atoms with Gasteiger partial charge in [-0.1, -0.05) is 20.3 Å². The summed E-state index contributed by atoms with van der Waals surface area (Å²) in [5.74, 6) is 1.41. The van der Waals surface area contributed by atoms with Crippen LogP contribution in [0.3, 0.4) is 0 Å². The van der Waals surface area contributed by atoms with Gasteiger partial charge >= 0.3 is 0 Å². The number of hydrogen-bond acceptors (Lipinski definition) is 10. The molecule has 7 N–H and O–H groups in total. The monoisotopic (exact) mass is 618 g/mol. The maximum Gasteiger partial charge on any atom is 0.128 e. The molecule has 11 heteroatoms. The van der Waals surface area contributed by atoms with E-state index in [0.29, 0.717) is 35.8 Å². The van der Waals surface area contributed by atoms with Crippen LogP contribution in [0.2, 0.25) is 0 Å². The molecule has 6 rings (SSSR count). The largest absolute Gasteiger partial charge is 0.491 e. The summed E-state index contributed by atoms with van der Waals surface area (Å²) in [5.41, 5.74) is 3.22. The smallest absolute Gasteiger partial charge is 0.128 e. The van der Waals surface area contributed by atoms with Crippen molar-refractivity contribution in [1.29, 1.82) is 0 Å². The van der Waals surface area contributed by atoms with Crippen molar-refractivity contribution in [2.75, 3.05) is 32.9 Å². The SMILES string of the molecule is CCC1C(C)C2CC3c4c(c5cc(OCC(O)C(C=O)C(O)CCO)ccc5n4CC(O)C(O)C(O)CCO)CCN(C2)C31. The van der Waals surface area contributed by atoms with E-state index in [4.69, 9.17) is 9.84 Å². The van der Waals surface area contributed by atoms with E-state index >= 15 is 0 Å². The Morgan fingerprint density at radius 1 is 1.02 bits per heavy atom. The lowest BCUT2D eigenvalue weighted by Gasteiger charge is -2.57. The fourth-order valence-corrected chi connectivity index (χ4v) is 8.52. The van der Waals surface area contributed by atoms with Crippen LogP contribution in [0.5, 0.6) is 5.75 Å². The molecule has 12 atom stereocenters. The number of piperidine rings is 2. The molecule has 1 aromatic heterocycles. The fourth-order valence-electron chi connectivity index (χ4n) is 8.52. The first-order chi connectivity index (χ1) is 21.1. The fraction of sp³-hybridized carbons (Fsp3) is 0.727. The third-order valence-electron chi connectivity index (χ3n) is 10.8. The van der Waals surface area contributed by atoms with Crippen LogP contribution in [0, 0.1) is 23.7 Å². The highest BCUT2D eigenvalue weighted by atomic mass is 16.5. The number of aliphatic hydroxyl groups is 7. The molecule has 1 aromatic carbocycles. The third-order valence-corrected chi connectivity index (χ3v) is 10.8. The van der Waals surface area contributed by atoms with Gasteiger partial charge in [0.1, 0.15) is 30.9 Å². The highest BCUT2D eigenvalue weighted by molar-refractivity contribution is 5.87. The van der Waals surface area contributed by atoms with E-state index in [1.165, 1.54) is 5.56 Å². The first kappa shape index (κ1) is 33.3. The topological polar surface area (TPSA) is 176 Å². The standard InChI is InChI=1S/C33H50N2O9/c1-3-21-18(2)19-12-24-31(21)34(14-19)9-6-22-23-13-20(44-17-30(42)25(16-38)27(39)7-10-36)4-5-26(23)35(32(22)24)15-29(41)33(43)28(40)8-11-37/h4-5,13,16,18-19,21,24-25,27-31,33,36-37,39-43H,3,6-12,14-15,17H2,1-2H3. The van der Waals surface area contributed by atoms with Crippen LogP contribution in [0.25, 0.3) is 10.9 Å². The number of aldehydes is 1. The minimum atomic E-state index is -1.42. The van der Waals surface area contributed by atoms with Gasteiger partial charge in [0.05, 0.1) is 30.8 Å². The number of aromatic nitrogens is 1. The van der Waals surface area contributed by atoms with E-state index in [0.717, 1.165) is 48.9 Å². The quantitative estimate of drug-likeness (QED) is 0.138. The van der Waals surface area contributed by atoms with Crippen molar-refractivity contribution >= 4 is 17.2 Å². The van der Waals surface area contributed by atoms with E-state index in [9.17, 15) is 35.4 Å². The molecule has 4 heterocycles. The van der Waals surface area contributed by atoms with Gasteiger partial charge in [-0.05, 0) is 67.2 Å². The predicted molar refractivity (Wildman–Crippen MR) is 163 cm³/mol. The number of ether oxygens (including phenoxy) is 1. The molecule has 44 heavy (non-hydrogen) atoms. The molecule has 0 spiro atoms. The van der Waals surface area contributed by atoms with Gasteiger partial charge in [-0.3, -0.25) is 4.90 Å². The van der Waals surface area contributed by atoms with Gasteiger partial charge in [0.15, 0.2) is 0 Å². The van der Waals surface area contributed by atoms with E-state index in [1.54, 1.807) is 6.07 Å². The Hall–Kier alpha value is -2.09. The molecular weight excluding hydrogens is 568 g/mol. The molecule has 3 fully saturated rings. The highest BCUT2D eigenvalue weighted by Crippen LogP contribution is 2.54. The summed E-state index contributed by atoms with van der Waals surface area (Å²) >= 11 is 0. The third kappa shape index (κ3) is 6.18. The number of hydrogen-bond donors (Lipinski definition) is 7. The Morgan fingerprint density at radius 2 is 1.75 bits per heavy atom. The zero-order chi connectivity index (χ0) is 31.7. The van der Waals surface area contributed by atoms with Crippen LogP contribution >= 0.6 is 0 Å². The molecule has 4 bridgehead atoms. The van der Waals surface area contributed by atoms with Crippen LogP contribution in [0.4, 0.5) is 0 Å². The van der Waals surface area contributed by atoms with E-state index < -0.39 is 36.4 Å². The summed E-state index contributed by atoms with van der Waals surface area (Å²) in [6, 6.07) is 5.97. The second-order valence-electron chi connectivity index (χ2n) is 13.2. The molecular formula is C33H50N2O9. The molecule has 1 aliphatic carbocycles. The first-order valence-corrected chi connectivity index (χ1v) is 16.2. The van der Waals surface area contributed by atoms with Gasteiger partial charge in [0.2, 0.25) is 0 Å². The molecule has 0 radical (unpaired) electrons. The predicted octanol–water partition coefficient (Wildman–Crippen LogP) is 0.411. The maximum atomic E-state index is 11.5. The Kier molecular flexibility index (Phi) is 10.7. The second kappa shape index (κ2) is 14.1. The lowest BCUT2D eigenvalue weighted by Crippen LogP contribution is -2.59. The molecule has 12 unspecified atom stereocenters. The Labute approximate surface area is 258 Å². The van der Waals surface area contributed by atoms with Gasteiger partial charge in [-0.25, -0.2) is 0 Å². The van der Waals surface area contributed by atoms with Crippen LogP contribution in [-0.4, -0.2) is 121 Å². The summed E-state index contributed by atoms with van der Waals surface area (Å²) in [6.07, 6.45) is -2.99. The molecule has 4 aliphatic rings. The summed E-state index contributed by atoms with van der Waals surface area (Å²) in [4.78, 5) is 14.2. The lowest BCUT2D eigenvalue weighted by atomic mass is 9.60. The number of carbonyl (C=O) groups is 1. The van der Waals surface area contributed by atoms with Crippen molar-refractivity contribution in [2.24, 2.45) is 23.7 Å². The average molecular weight is 619 g/mol. The Morgan fingerprint density at radius 3 is 2.43 bits per heavy atom. The van der Waals surface area contributed by atoms with Crippen molar-refractivity contribution in [2.45, 2.75) is 95.0 Å². The normalized spacial score (nSPS) is 30.2. The van der Waals surface area contributed by atoms with E-state index in [2.05, 4.69) is 23.3 Å². The molecule has 2 aromatic rings. The van der Waals surface area contributed by atoms with Crippen LogP contribution in [0.1, 0.15) is 56.7 Å². The average Bonchev–Trinajstić information content (AvgIpc) is 3.25. The van der Waals surface area contributed by atoms with Crippen LogP contribution in [-0.2, 0) is 17.8 Å². The zero-order valence-electron chi connectivity index (χ0n) is 25.8. The minimum Gasteiger partial charge on any atom is -0.491 e. The van der Waals surface area contributed by atoms with Crippen molar-refractivity contribution < 1.29 is 45.3 Å². The van der Waals surface area contributed by atoms with E-state index in [1.807, 2.05) is 12.1 Å². The number of aliphatic hydroxyl groups excluding tert-OH is 7. The van der Waals surface area contributed by atoms with Crippen molar-refractivity contribution in [1.82, 2.24) is 9.47 Å². The zero-order valence-corrected chi connectivity index (χ0v) is 25.8.